The van der Waals surface area contributed by atoms with Crippen LogP contribution in [0.15, 0.2) is 18.2 Å². The van der Waals surface area contributed by atoms with Gasteiger partial charge < -0.3 is 15.0 Å². The number of carbonyl (C=O) groups excluding carboxylic acids is 1. The minimum atomic E-state index is -0.0970. The highest BCUT2D eigenvalue weighted by Gasteiger charge is 2.37. The lowest BCUT2D eigenvalue weighted by Crippen LogP contribution is -2.50. The third kappa shape index (κ3) is 3.55. The minimum absolute atomic E-state index is 0.0970. The molecule has 1 saturated carbocycles. The number of nitrogens with zero attached hydrogens (tertiary/aromatic N) is 1. The SMILES string of the molecule is C[C@@H]1CN(C(=O)C2CC2)CC[C@H]1NCc1cccc2c1OC(C)(C)C2. The van der Waals surface area contributed by atoms with Crippen LogP contribution in [0.1, 0.15) is 51.2 Å². The van der Waals surface area contributed by atoms with Crippen molar-refractivity contribution in [1.29, 1.82) is 0 Å². The van der Waals surface area contributed by atoms with E-state index in [1.165, 1.54) is 11.1 Å². The van der Waals surface area contributed by atoms with Gasteiger partial charge in [-0.1, -0.05) is 25.1 Å². The van der Waals surface area contributed by atoms with Crippen LogP contribution >= 0.6 is 0 Å². The molecule has 1 aromatic carbocycles. The molecule has 0 radical (unpaired) electrons. The molecule has 4 rings (SSSR count). The first-order valence-electron chi connectivity index (χ1n) is 9.75. The molecule has 0 unspecified atom stereocenters. The van der Waals surface area contributed by atoms with Gasteiger partial charge in [0.2, 0.25) is 5.91 Å². The van der Waals surface area contributed by atoms with E-state index in [4.69, 9.17) is 4.74 Å². The predicted octanol–water partition coefficient (Wildman–Crippen LogP) is 3.14. The average Bonchev–Trinajstić information content (AvgIpc) is 3.35. The lowest BCUT2D eigenvalue weighted by atomic mass is 9.93. The number of fused-ring (bicyclic) bond motifs is 1. The van der Waals surface area contributed by atoms with Crippen LogP contribution in [-0.4, -0.2) is 35.5 Å². The fourth-order valence-corrected chi connectivity index (χ4v) is 4.30. The molecule has 1 aliphatic carbocycles. The number of para-hydroxylation sites is 1. The first kappa shape index (κ1) is 16.9. The molecule has 2 atom stereocenters. The van der Waals surface area contributed by atoms with Crippen molar-refractivity contribution in [2.45, 2.75) is 64.6 Å². The summed E-state index contributed by atoms with van der Waals surface area (Å²) in [5.41, 5.74) is 2.48. The van der Waals surface area contributed by atoms with E-state index in [0.717, 1.165) is 51.1 Å². The topological polar surface area (TPSA) is 41.6 Å². The van der Waals surface area contributed by atoms with E-state index in [2.05, 4.69) is 49.2 Å². The van der Waals surface area contributed by atoms with Crippen LogP contribution in [0.25, 0.3) is 0 Å². The minimum Gasteiger partial charge on any atom is -0.487 e. The van der Waals surface area contributed by atoms with Crippen molar-refractivity contribution in [3.8, 4) is 5.75 Å². The smallest absolute Gasteiger partial charge is 0.225 e. The molecule has 1 saturated heterocycles. The second-order valence-corrected chi connectivity index (χ2v) is 8.76. The summed E-state index contributed by atoms with van der Waals surface area (Å²) < 4.78 is 6.18. The highest BCUT2D eigenvalue weighted by Crippen LogP contribution is 2.37. The van der Waals surface area contributed by atoms with E-state index in [0.29, 0.717) is 23.8 Å². The van der Waals surface area contributed by atoms with Crippen LogP contribution in [0.5, 0.6) is 5.75 Å². The summed E-state index contributed by atoms with van der Waals surface area (Å²) in [4.78, 5) is 14.4. The van der Waals surface area contributed by atoms with Crippen LogP contribution in [0, 0.1) is 11.8 Å². The number of rotatable bonds is 4. The molecule has 2 heterocycles. The molecule has 2 aliphatic heterocycles. The van der Waals surface area contributed by atoms with Gasteiger partial charge in [-0.2, -0.15) is 0 Å². The van der Waals surface area contributed by atoms with E-state index < -0.39 is 0 Å². The fourth-order valence-electron chi connectivity index (χ4n) is 4.30. The van der Waals surface area contributed by atoms with Gasteiger partial charge in [0, 0.05) is 43.6 Å². The lowest BCUT2D eigenvalue weighted by molar-refractivity contribution is -0.134. The van der Waals surface area contributed by atoms with Crippen molar-refractivity contribution in [1.82, 2.24) is 10.2 Å². The van der Waals surface area contributed by atoms with Crippen molar-refractivity contribution in [2.75, 3.05) is 13.1 Å². The molecule has 1 amide bonds. The summed E-state index contributed by atoms with van der Waals surface area (Å²) in [6, 6.07) is 6.96. The molecule has 25 heavy (non-hydrogen) atoms. The van der Waals surface area contributed by atoms with Gasteiger partial charge in [0.15, 0.2) is 0 Å². The number of hydrogen-bond acceptors (Lipinski definition) is 3. The molecule has 0 spiro atoms. The van der Waals surface area contributed by atoms with Gasteiger partial charge in [0.05, 0.1) is 0 Å². The maximum Gasteiger partial charge on any atom is 0.225 e. The van der Waals surface area contributed by atoms with Gasteiger partial charge in [0.1, 0.15) is 11.4 Å². The molecular weight excluding hydrogens is 312 g/mol. The third-order valence-corrected chi connectivity index (χ3v) is 5.87. The standard InChI is InChI=1S/C21H30N2O2/c1-14-13-23(20(24)15-7-8-15)10-9-18(14)22-12-17-6-4-5-16-11-21(2,3)25-19(16)17/h4-6,14-15,18,22H,7-13H2,1-3H3/t14-,18-/m1/s1. The van der Waals surface area contributed by atoms with E-state index in [1.807, 2.05) is 0 Å². The number of hydrogen-bond donors (Lipinski definition) is 1. The maximum atomic E-state index is 12.3. The zero-order chi connectivity index (χ0) is 17.6. The summed E-state index contributed by atoms with van der Waals surface area (Å²) in [5.74, 6) is 2.30. The third-order valence-electron chi connectivity index (χ3n) is 5.87. The Balaban J connectivity index is 1.35. The van der Waals surface area contributed by atoms with Crippen molar-refractivity contribution in [3.63, 3.8) is 0 Å². The number of benzene rings is 1. The number of carbonyl (C=O) groups is 1. The number of ether oxygens (including phenoxy) is 1. The summed E-state index contributed by atoms with van der Waals surface area (Å²) in [6.45, 7) is 9.19. The Morgan fingerprint density at radius 3 is 2.84 bits per heavy atom. The summed E-state index contributed by atoms with van der Waals surface area (Å²) in [5, 5.41) is 3.73. The lowest BCUT2D eigenvalue weighted by Gasteiger charge is -2.37. The number of piperidine rings is 1. The monoisotopic (exact) mass is 342 g/mol. The second-order valence-electron chi connectivity index (χ2n) is 8.76. The Morgan fingerprint density at radius 1 is 1.32 bits per heavy atom. The Morgan fingerprint density at radius 2 is 2.12 bits per heavy atom. The Labute approximate surface area is 150 Å². The Hall–Kier alpha value is -1.55. The zero-order valence-electron chi connectivity index (χ0n) is 15.7. The summed E-state index contributed by atoms with van der Waals surface area (Å²) in [7, 11) is 0. The van der Waals surface area contributed by atoms with Crippen LogP contribution in [0.4, 0.5) is 0 Å². The molecule has 1 N–H and O–H groups in total. The average molecular weight is 342 g/mol. The Bertz CT molecular complexity index is 666. The summed E-state index contributed by atoms with van der Waals surface area (Å²) >= 11 is 0. The van der Waals surface area contributed by atoms with Gasteiger partial charge >= 0.3 is 0 Å². The highest BCUT2D eigenvalue weighted by atomic mass is 16.5. The summed E-state index contributed by atoms with van der Waals surface area (Å²) in [6.07, 6.45) is 4.22. The van der Waals surface area contributed by atoms with Gasteiger partial charge in [-0.15, -0.1) is 0 Å². The predicted molar refractivity (Wildman–Crippen MR) is 98.6 cm³/mol. The van der Waals surface area contributed by atoms with Crippen molar-refractivity contribution < 1.29 is 9.53 Å². The van der Waals surface area contributed by atoms with Gasteiger partial charge in [0.25, 0.3) is 0 Å². The van der Waals surface area contributed by atoms with Gasteiger partial charge in [-0.3, -0.25) is 4.79 Å². The van der Waals surface area contributed by atoms with E-state index in [-0.39, 0.29) is 5.60 Å². The molecule has 4 heteroatoms. The first-order valence-corrected chi connectivity index (χ1v) is 9.75. The maximum absolute atomic E-state index is 12.3. The zero-order valence-corrected chi connectivity index (χ0v) is 15.7. The molecular formula is C21H30N2O2. The van der Waals surface area contributed by atoms with Gasteiger partial charge in [-0.05, 0) is 44.6 Å². The highest BCUT2D eigenvalue weighted by molar-refractivity contribution is 5.81. The molecule has 2 fully saturated rings. The quantitative estimate of drug-likeness (QED) is 0.914. The van der Waals surface area contributed by atoms with E-state index in [9.17, 15) is 4.79 Å². The molecule has 136 valence electrons. The van der Waals surface area contributed by atoms with Crippen LogP contribution in [0.2, 0.25) is 0 Å². The molecule has 1 aromatic rings. The number of likely N-dealkylation sites (tertiary alicyclic amines) is 1. The number of nitrogens with one attached hydrogen (secondary N) is 1. The van der Waals surface area contributed by atoms with Crippen molar-refractivity contribution >= 4 is 5.91 Å². The van der Waals surface area contributed by atoms with Crippen molar-refractivity contribution in [3.05, 3.63) is 29.3 Å². The normalized spacial score (nSPS) is 27.7. The van der Waals surface area contributed by atoms with E-state index >= 15 is 0 Å². The molecule has 0 aromatic heterocycles. The molecule has 0 bridgehead atoms. The second kappa shape index (κ2) is 6.31. The molecule has 3 aliphatic rings. The Kier molecular flexibility index (Phi) is 4.27. The van der Waals surface area contributed by atoms with E-state index in [1.54, 1.807) is 0 Å². The number of amides is 1. The largest absolute Gasteiger partial charge is 0.487 e. The molecule has 4 nitrogen and oxygen atoms in total. The van der Waals surface area contributed by atoms with Gasteiger partial charge in [-0.25, -0.2) is 0 Å². The van der Waals surface area contributed by atoms with Crippen LogP contribution in [-0.2, 0) is 17.8 Å². The first-order chi connectivity index (χ1) is 11.9. The van der Waals surface area contributed by atoms with Crippen molar-refractivity contribution in [2.24, 2.45) is 11.8 Å². The fraction of sp³-hybridized carbons (Fsp3) is 0.667. The van der Waals surface area contributed by atoms with Crippen LogP contribution < -0.4 is 10.1 Å². The van der Waals surface area contributed by atoms with Crippen LogP contribution in [0.3, 0.4) is 0 Å².